The Balaban J connectivity index is 0. The van der Waals surface area contributed by atoms with Crippen molar-refractivity contribution in [1.29, 1.82) is 0 Å². The van der Waals surface area contributed by atoms with Gasteiger partial charge in [-0.1, -0.05) is 0 Å². The van der Waals surface area contributed by atoms with Crippen LogP contribution >= 0.6 is 9.69 Å². The molecule has 0 heterocycles. The van der Waals surface area contributed by atoms with Crippen molar-refractivity contribution in [3.63, 3.8) is 0 Å². The normalized spacial score (nSPS) is 8.11. The van der Waals surface area contributed by atoms with E-state index in [0.717, 1.165) is 17.3 Å². The summed E-state index contributed by atoms with van der Waals surface area (Å²) in [5.74, 6) is 0. The quantitative estimate of drug-likeness (QED) is 0.490. The van der Waals surface area contributed by atoms with Crippen LogP contribution in [0.2, 0.25) is 0 Å². The van der Waals surface area contributed by atoms with Gasteiger partial charge in [-0.2, -0.15) is 0 Å². The van der Waals surface area contributed by atoms with Crippen LogP contribution in [0.15, 0.2) is 0 Å². The van der Waals surface area contributed by atoms with E-state index in [0.29, 0.717) is 13.2 Å². The second-order valence-corrected chi connectivity index (χ2v) is 1.06. The Morgan fingerprint density at radius 2 is 1.44 bits per heavy atom. The van der Waals surface area contributed by atoms with E-state index in [4.69, 9.17) is 19.9 Å². The van der Waals surface area contributed by atoms with Crippen LogP contribution in [0.3, 0.4) is 0 Å². The number of aliphatic hydroxyl groups excluding tert-OH is 2. The predicted molar refractivity (Wildman–Crippen MR) is 30.8 cm³/mol. The fraction of sp³-hybridized carbons (Fsp3) is 1.00. The van der Waals surface area contributed by atoms with Gasteiger partial charge in [0.05, 0.1) is 26.4 Å². The van der Waals surface area contributed by atoms with Crippen molar-refractivity contribution in [2.24, 2.45) is 0 Å². The average molecular weight is 207 g/mol. The zero-order valence-electron chi connectivity index (χ0n) is 5.22. The second-order valence-electron chi connectivity index (χ2n) is 1.06. The minimum atomic E-state index is 0.0278. The Bertz CT molecular complexity index is 35.0. The van der Waals surface area contributed by atoms with Crippen LogP contribution in [0.5, 0.6) is 0 Å². The minimum absolute atomic E-state index is 0.0278. The molecule has 0 aliphatic heterocycles. The van der Waals surface area contributed by atoms with Crippen LogP contribution in [0.25, 0.3) is 0 Å². The van der Waals surface area contributed by atoms with Crippen LogP contribution in [-0.2, 0) is 22.0 Å². The van der Waals surface area contributed by atoms with E-state index in [2.05, 4.69) is 4.74 Å². The van der Waals surface area contributed by atoms with E-state index >= 15 is 0 Å². The van der Waals surface area contributed by atoms with E-state index in [1.165, 1.54) is 0 Å². The molecule has 0 aromatic carbocycles. The molecule has 0 spiro atoms. The summed E-state index contributed by atoms with van der Waals surface area (Å²) in [6.45, 7) is 0.696. The third kappa shape index (κ3) is 17.7. The molecule has 0 rings (SSSR count). The zero-order valence-corrected chi connectivity index (χ0v) is 8.94. The molecular weight excluding hydrogens is 197 g/mol. The molecule has 0 amide bonds. The fourth-order valence-corrected chi connectivity index (χ4v) is 0.231. The van der Waals surface area contributed by atoms with E-state index in [9.17, 15) is 0 Å². The number of hydrogen-bond acceptors (Lipinski definition) is 3. The summed E-state index contributed by atoms with van der Waals surface area (Å²) >= 11 is 0.847. The van der Waals surface area contributed by atoms with Crippen molar-refractivity contribution < 1.29 is 32.3 Å². The van der Waals surface area contributed by atoms with Gasteiger partial charge in [0, 0.05) is 0 Å². The number of rotatable bonds is 4. The van der Waals surface area contributed by atoms with E-state index in [-0.39, 0.29) is 13.2 Å². The first-order valence-corrected chi connectivity index (χ1v) is 6.38. The molecule has 0 saturated heterocycles. The Labute approximate surface area is 68.7 Å². The molecule has 0 fully saturated rings. The Morgan fingerprint density at radius 3 is 1.67 bits per heavy atom. The summed E-state index contributed by atoms with van der Waals surface area (Å²) in [4.78, 5) is 0. The monoisotopic (exact) mass is 205 g/mol. The SMILES string of the molecule is OCCOCCO.[Cl][Zn]. The van der Waals surface area contributed by atoms with Gasteiger partial charge in [0.1, 0.15) is 0 Å². The van der Waals surface area contributed by atoms with Gasteiger partial charge in [0.2, 0.25) is 0 Å². The molecule has 2 N–H and O–H groups in total. The Kier molecular flexibility index (Phi) is 22.0. The summed E-state index contributed by atoms with van der Waals surface area (Å²) < 4.78 is 4.63. The van der Waals surface area contributed by atoms with Crippen LogP contribution < -0.4 is 0 Å². The van der Waals surface area contributed by atoms with Crippen molar-refractivity contribution in [3.8, 4) is 0 Å². The molecule has 0 atom stereocenters. The van der Waals surface area contributed by atoms with Gasteiger partial charge >= 0.3 is 27.0 Å². The van der Waals surface area contributed by atoms with Crippen molar-refractivity contribution >= 4 is 9.69 Å². The van der Waals surface area contributed by atoms with Crippen LogP contribution in [-0.4, -0.2) is 36.6 Å². The molecule has 0 radical (unpaired) electrons. The van der Waals surface area contributed by atoms with Crippen molar-refractivity contribution in [3.05, 3.63) is 0 Å². The molecule has 3 nitrogen and oxygen atoms in total. The van der Waals surface area contributed by atoms with Gasteiger partial charge in [0.25, 0.3) is 0 Å². The summed E-state index contributed by atoms with van der Waals surface area (Å²) in [5, 5.41) is 16.2. The molecule has 53 valence electrons. The predicted octanol–water partition coefficient (Wildman–Crippen LogP) is -0.325. The number of hydrogen-bond donors (Lipinski definition) is 2. The molecule has 0 bridgehead atoms. The first-order valence-electron chi connectivity index (χ1n) is 2.48. The molecule has 0 aromatic heterocycles. The van der Waals surface area contributed by atoms with Crippen molar-refractivity contribution in [1.82, 2.24) is 0 Å². The number of ether oxygens (including phenoxy) is 1. The van der Waals surface area contributed by atoms with Gasteiger partial charge < -0.3 is 14.9 Å². The maximum atomic E-state index is 8.09. The molecule has 5 heteroatoms. The summed E-state index contributed by atoms with van der Waals surface area (Å²) in [6.07, 6.45) is 0. The molecular formula is C4H10ClO3Zn. The van der Waals surface area contributed by atoms with Crippen LogP contribution in [0.1, 0.15) is 0 Å². The van der Waals surface area contributed by atoms with Gasteiger partial charge in [0.15, 0.2) is 0 Å². The molecule has 9 heavy (non-hydrogen) atoms. The Hall–Kier alpha value is 0.793. The third-order valence-electron chi connectivity index (χ3n) is 0.471. The maximum absolute atomic E-state index is 8.09. The summed E-state index contributed by atoms with van der Waals surface area (Å²) in [7, 11) is 4.76. The van der Waals surface area contributed by atoms with E-state index < -0.39 is 0 Å². The topological polar surface area (TPSA) is 49.7 Å². The van der Waals surface area contributed by atoms with Crippen LogP contribution in [0.4, 0.5) is 0 Å². The van der Waals surface area contributed by atoms with E-state index in [1.807, 2.05) is 0 Å². The third-order valence-corrected chi connectivity index (χ3v) is 0.471. The van der Waals surface area contributed by atoms with Crippen molar-refractivity contribution in [2.45, 2.75) is 0 Å². The molecule has 0 aromatic rings. The molecule has 0 unspecified atom stereocenters. The molecule has 0 aliphatic carbocycles. The van der Waals surface area contributed by atoms with Gasteiger partial charge in [-0.05, 0) is 0 Å². The summed E-state index contributed by atoms with van der Waals surface area (Å²) in [6, 6.07) is 0. The first-order chi connectivity index (χ1) is 4.41. The number of aliphatic hydroxyl groups is 2. The van der Waals surface area contributed by atoms with E-state index in [1.54, 1.807) is 0 Å². The second kappa shape index (κ2) is 15.9. The first kappa shape index (κ1) is 12.5. The van der Waals surface area contributed by atoms with Gasteiger partial charge in [-0.25, -0.2) is 0 Å². The standard InChI is InChI=1S/C4H10O3.ClH.Zn/c5-1-3-7-4-2-6;;/h5-6H,1-4H2;1H;/q;;+1/p-1. The molecule has 0 saturated carbocycles. The van der Waals surface area contributed by atoms with Crippen LogP contribution in [0, 0.1) is 0 Å². The Morgan fingerprint density at radius 1 is 1.11 bits per heavy atom. The summed E-state index contributed by atoms with van der Waals surface area (Å²) in [5.41, 5.74) is 0. The van der Waals surface area contributed by atoms with Gasteiger partial charge in [-0.3, -0.25) is 0 Å². The fourth-order valence-electron chi connectivity index (χ4n) is 0.231. The molecule has 0 aliphatic rings. The van der Waals surface area contributed by atoms with Gasteiger partial charge in [-0.15, -0.1) is 0 Å². The van der Waals surface area contributed by atoms with Crippen molar-refractivity contribution in [2.75, 3.05) is 26.4 Å². The zero-order chi connectivity index (χ0) is 7.54. The number of halogens is 1. The average Bonchev–Trinajstić information content (AvgIpc) is 1.94.